The van der Waals surface area contributed by atoms with Gasteiger partial charge in [0.15, 0.2) is 0 Å². The lowest BCUT2D eigenvalue weighted by molar-refractivity contribution is -0.962. The monoisotopic (exact) mass is 143 g/mol. The molecule has 2 heteroatoms. The molecule has 10 heavy (non-hydrogen) atoms. The molecule has 0 saturated carbocycles. The summed E-state index contributed by atoms with van der Waals surface area (Å²) in [6.07, 6.45) is 0. The SMILES string of the molecule is CC(C)CN1C[N+](C)(C)C1. The highest BCUT2D eigenvalue weighted by atomic mass is 15.6. The van der Waals surface area contributed by atoms with Crippen LogP contribution in [-0.4, -0.2) is 43.4 Å². The summed E-state index contributed by atoms with van der Waals surface area (Å²) >= 11 is 0. The first-order valence-electron chi connectivity index (χ1n) is 4.04. The highest BCUT2D eigenvalue weighted by molar-refractivity contribution is 4.57. The molecule has 0 aromatic carbocycles. The van der Waals surface area contributed by atoms with E-state index in [2.05, 4.69) is 32.8 Å². The third-order valence-corrected chi connectivity index (χ3v) is 1.79. The summed E-state index contributed by atoms with van der Waals surface area (Å²) in [6.45, 7) is 8.29. The van der Waals surface area contributed by atoms with Gasteiger partial charge in [0.1, 0.15) is 13.3 Å². The molecule has 1 rings (SSSR count). The Labute approximate surface area is 64.0 Å². The average Bonchev–Trinajstić information content (AvgIpc) is 1.57. The van der Waals surface area contributed by atoms with Crippen LogP contribution in [-0.2, 0) is 0 Å². The van der Waals surface area contributed by atoms with Crippen LogP contribution in [0.4, 0.5) is 0 Å². The number of nitrogens with zero attached hydrogens (tertiary/aromatic N) is 2. The fourth-order valence-electron chi connectivity index (χ4n) is 1.67. The van der Waals surface area contributed by atoms with E-state index in [0.717, 1.165) is 5.92 Å². The van der Waals surface area contributed by atoms with Crippen LogP contribution in [0.1, 0.15) is 13.8 Å². The van der Waals surface area contributed by atoms with Crippen molar-refractivity contribution in [2.45, 2.75) is 13.8 Å². The van der Waals surface area contributed by atoms with E-state index in [1.165, 1.54) is 24.4 Å². The van der Waals surface area contributed by atoms with Crippen LogP contribution in [0.3, 0.4) is 0 Å². The third kappa shape index (κ3) is 1.96. The Kier molecular flexibility index (Phi) is 2.02. The van der Waals surface area contributed by atoms with Gasteiger partial charge in [0.05, 0.1) is 14.1 Å². The molecule has 0 aromatic heterocycles. The first kappa shape index (κ1) is 8.02. The molecule has 2 nitrogen and oxygen atoms in total. The predicted octanol–water partition coefficient (Wildman–Crippen LogP) is 0.949. The molecule has 0 radical (unpaired) electrons. The standard InChI is InChI=1S/C8H19N2/c1-8(2)5-9-6-10(3,4)7-9/h8H,5-7H2,1-4H3/q+1. The Balaban J connectivity index is 2.15. The molecule has 0 aliphatic carbocycles. The Bertz CT molecular complexity index is 108. The van der Waals surface area contributed by atoms with Gasteiger partial charge in [0, 0.05) is 6.54 Å². The molecule has 60 valence electrons. The summed E-state index contributed by atoms with van der Waals surface area (Å²) in [6, 6.07) is 0. The summed E-state index contributed by atoms with van der Waals surface area (Å²) in [4.78, 5) is 2.50. The van der Waals surface area contributed by atoms with Crippen molar-refractivity contribution in [3.8, 4) is 0 Å². The molecule has 0 spiro atoms. The molecule has 0 aromatic rings. The maximum Gasteiger partial charge on any atom is 0.140 e. The molecular weight excluding hydrogens is 124 g/mol. The predicted molar refractivity (Wildman–Crippen MR) is 43.4 cm³/mol. The molecule has 1 heterocycles. The summed E-state index contributed by atoms with van der Waals surface area (Å²) < 4.78 is 1.17. The van der Waals surface area contributed by atoms with Gasteiger partial charge in [-0.15, -0.1) is 0 Å². The molecule has 1 saturated heterocycles. The van der Waals surface area contributed by atoms with Gasteiger partial charge in [0.2, 0.25) is 0 Å². The van der Waals surface area contributed by atoms with Crippen molar-refractivity contribution in [2.24, 2.45) is 5.92 Å². The van der Waals surface area contributed by atoms with E-state index >= 15 is 0 Å². The van der Waals surface area contributed by atoms with Gasteiger partial charge in [-0.3, -0.25) is 0 Å². The largest absolute Gasteiger partial charge is 0.303 e. The lowest BCUT2D eigenvalue weighted by Gasteiger charge is -2.47. The van der Waals surface area contributed by atoms with E-state index in [4.69, 9.17) is 0 Å². The summed E-state index contributed by atoms with van der Waals surface area (Å²) in [5.41, 5.74) is 0. The molecule has 1 aliphatic rings. The van der Waals surface area contributed by atoms with Gasteiger partial charge in [0.25, 0.3) is 0 Å². The molecule has 1 fully saturated rings. The van der Waals surface area contributed by atoms with E-state index in [0.29, 0.717) is 0 Å². The van der Waals surface area contributed by atoms with E-state index < -0.39 is 0 Å². The van der Waals surface area contributed by atoms with Crippen molar-refractivity contribution in [1.82, 2.24) is 4.90 Å². The third-order valence-electron chi connectivity index (χ3n) is 1.79. The van der Waals surface area contributed by atoms with Gasteiger partial charge < -0.3 is 4.48 Å². The zero-order valence-electron chi connectivity index (χ0n) is 7.59. The minimum atomic E-state index is 0.820. The first-order chi connectivity index (χ1) is 4.49. The second-order valence-electron chi connectivity index (χ2n) is 4.47. The van der Waals surface area contributed by atoms with Crippen molar-refractivity contribution in [3.05, 3.63) is 0 Å². The zero-order valence-corrected chi connectivity index (χ0v) is 7.59. The lowest BCUT2D eigenvalue weighted by atomic mass is 10.2. The van der Waals surface area contributed by atoms with Gasteiger partial charge in [-0.1, -0.05) is 13.8 Å². The van der Waals surface area contributed by atoms with Gasteiger partial charge in [-0.2, -0.15) is 0 Å². The molecule has 1 aliphatic heterocycles. The second kappa shape index (κ2) is 2.51. The number of hydrogen-bond acceptors (Lipinski definition) is 1. The van der Waals surface area contributed by atoms with E-state index in [9.17, 15) is 0 Å². The maximum absolute atomic E-state index is 2.50. The fraction of sp³-hybridized carbons (Fsp3) is 1.00. The van der Waals surface area contributed by atoms with Crippen molar-refractivity contribution >= 4 is 0 Å². The topological polar surface area (TPSA) is 3.24 Å². The van der Waals surface area contributed by atoms with E-state index in [1.54, 1.807) is 0 Å². The average molecular weight is 143 g/mol. The fourth-order valence-corrected chi connectivity index (χ4v) is 1.67. The van der Waals surface area contributed by atoms with Crippen LogP contribution in [0, 0.1) is 5.92 Å². The highest BCUT2D eigenvalue weighted by Gasteiger charge is 2.33. The zero-order chi connectivity index (χ0) is 7.78. The number of quaternary nitrogens is 1. The van der Waals surface area contributed by atoms with Crippen molar-refractivity contribution < 1.29 is 4.48 Å². The Morgan fingerprint density at radius 1 is 1.30 bits per heavy atom. The minimum absolute atomic E-state index is 0.820. The second-order valence-corrected chi connectivity index (χ2v) is 4.47. The van der Waals surface area contributed by atoms with E-state index in [1.807, 2.05) is 0 Å². The van der Waals surface area contributed by atoms with Crippen molar-refractivity contribution in [2.75, 3.05) is 34.0 Å². The van der Waals surface area contributed by atoms with Crippen LogP contribution in [0.25, 0.3) is 0 Å². The molecular formula is C8H19N2+. The quantitative estimate of drug-likeness (QED) is 0.520. The lowest BCUT2D eigenvalue weighted by Crippen LogP contribution is -2.65. The van der Waals surface area contributed by atoms with Crippen LogP contribution < -0.4 is 0 Å². The molecule has 0 unspecified atom stereocenters. The van der Waals surface area contributed by atoms with Crippen LogP contribution in [0.5, 0.6) is 0 Å². The number of hydrogen-bond donors (Lipinski definition) is 0. The first-order valence-corrected chi connectivity index (χ1v) is 4.04. The molecule has 0 atom stereocenters. The highest BCUT2D eigenvalue weighted by Crippen LogP contribution is 2.15. The Morgan fingerprint density at radius 3 is 2.10 bits per heavy atom. The van der Waals surface area contributed by atoms with Gasteiger partial charge >= 0.3 is 0 Å². The van der Waals surface area contributed by atoms with Crippen LogP contribution in [0.15, 0.2) is 0 Å². The molecule has 0 bridgehead atoms. The maximum atomic E-state index is 2.50. The Hall–Kier alpha value is -0.0800. The smallest absolute Gasteiger partial charge is 0.140 e. The molecule has 0 N–H and O–H groups in total. The van der Waals surface area contributed by atoms with Gasteiger partial charge in [-0.25, -0.2) is 4.90 Å². The van der Waals surface area contributed by atoms with Gasteiger partial charge in [-0.05, 0) is 5.92 Å². The minimum Gasteiger partial charge on any atom is -0.303 e. The van der Waals surface area contributed by atoms with Crippen LogP contribution >= 0.6 is 0 Å². The van der Waals surface area contributed by atoms with Crippen LogP contribution in [0.2, 0.25) is 0 Å². The van der Waals surface area contributed by atoms with Crippen molar-refractivity contribution in [3.63, 3.8) is 0 Å². The summed E-state index contributed by atoms with van der Waals surface area (Å²) in [5.74, 6) is 0.820. The molecule has 0 amide bonds. The number of rotatable bonds is 2. The van der Waals surface area contributed by atoms with E-state index in [-0.39, 0.29) is 0 Å². The summed E-state index contributed by atoms with van der Waals surface area (Å²) in [5, 5.41) is 0. The van der Waals surface area contributed by atoms with Crippen molar-refractivity contribution in [1.29, 1.82) is 0 Å². The normalized spacial score (nSPS) is 24.9. The Morgan fingerprint density at radius 2 is 1.80 bits per heavy atom. The summed E-state index contributed by atoms with van der Waals surface area (Å²) in [7, 11) is 4.55.